The maximum absolute atomic E-state index is 13.6. The molecule has 0 bridgehead atoms. The molecular weight excluding hydrogens is 1110 g/mol. The largest absolute Gasteiger partial charge is 0.479 e. The summed E-state index contributed by atoms with van der Waals surface area (Å²) in [6.07, 6.45) is -3.06. The van der Waals surface area contributed by atoms with Crippen LogP contribution in [0.2, 0.25) is 0 Å². The Hall–Kier alpha value is -3.12. The smallest absolute Gasteiger partial charge is 0.335 e. The summed E-state index contributed by atoms with van der Waals surface area (Å²) in [5, 5.41) is 57.5. The van der Waals surface area contributed by atoms with Gasteiger partial charge in [-0.05, 0) is 60.5 Å². The van der Waals surface area contributed by atoms with Crippen molar-refractivity contribution in [2.45, 2.75) is 154 Å². The van der Waals surface area contributed by atoms with E-state index in [2.05, 4.69) is 48.3 Å². The van der Waals surface area contributed by atoms with E-state index in [1.807, 2.05) is 0 Å². The minimum atomic E-state index is -1.74. The molecule has 0 spiro atoms. The van der Waals surface area contributed by atoms with Crippen LogP contribution in [-0.2, 0) is 87.2 Å². The number of hydrogen-bond acceptors (Lipinski definition) is 22. The van der Waals surface area contributed by atoms with E-state index in [9.17, 15) is 35.1 Å². The molecule has 2 fully saturated rings. The second-order valence-electron chi connectivity index (χ2n) is 23.4. The SMILES string of the molecule is C=C(NCCOCCOCCOCCOCCOCCOCCOCCOCCOCCOCCOCCCC(=O)C1O[C@@H](O[C@@H]2C(C(=O)O)O[C@@H](C(C)(C)C)C(O)[C@@H]2O)C(O)[C@H](O)[C@@H]1C(C)(C)C)c1ccc(CO[C@H]2CC/C=C/CCC2)cc1. The van der Waals surface area contributed by atoms with E-state index in [4.69, 9.17) is 71.1 Å². The number of aliphatic hydroxyl groups excluding tert-OH is 4. The first-order chi connectivity index (χ1) is 40.9. The van der Waals surface area contributed by atoms with Gasteiger partial charge in [-0.15, -0.1) is 0 Å². The van der Waals surface area contributed by atoms with Crippen molar-refractivity contribution in [3.05, 3.63) is 54.1 Å². The molecule has 2 heterocycles. The molecule has 6 N–H and O–H groups in total. The van der Waals surface area contributed by atoms with E-state index in [1.165, 1.54) is 12.0 Å². The van der Waals surface area contributed by atoms with Crippen LogP contribution in [0.4, 0.5) is 0 Å². The number of hydrogen-bond donors (Lipinski definition) is 6. The van der Waals surface area contributed by atoms with Gasteiger partial charge in [0.1, 0.15) is 30.5 Å². The lowest BCUT2D eigenvalue weighted by molar-refractivity contribution is -0.335. The number of aliphatic carboxylic acids is 1. The highest BCUT2D eigenvalue weighted by atomic mass is 16.7. The Kier molecular flexibility index (Phi) is 37.4. The fraction of sp³-hybridized carbons (Fsp3) is 0.806. The number of Topliss-reactive ketones (excluding diaryl/α,β-unsaturated/α-hetero) is 1. The van der Waals surface area contributed by atoms with E-state index in [0.29, 0.717) is 158 Å². The lowest BCUT2D eigenvalue weighted by atomic mass is 9.70. The van der Waals surface area contributed by atoms with Crippen LogP contribution < -0.4 is 5.32 Å². The Labute approximate surface area is 504 Å². The Morgan fingerprint density at radius 1 is 0.553 bits per heavy atom. The number of carbonyl (C=O) groups excluding carboxylic acids is 1. The first-order valence-electron chi connectivity index (χ1n) is 30.5. The van der Waals surface area contributed by atoms with Gasteiger partial charge in [-0.1, -0.05) is 84.5 Å². The van der Waals surface area contributed by atoms with Gasteiger partial charge in [-0.3, -0.25) is 4.79 Å². The van der Waals surface area contributed by atoms with Gasteiger partial charge in [0, 0.05) is 31.2 Å². The molecule has 23 nitrogen and oxygen atoms in total. The number of carboxylic acids is 1. The molecule has 0 saturated carbocycles. The molecule has 1 aliphatic carbocycles. The van der Waals surface area contributed by atoms with Crippen molar-refractivity contribution in [3.8, 4) is 0 Å². The quantitative estimate of drug-likeness (QED) is 0.0392. The van der Waals surface area contributed by atoms with Crippen molar-refractivity contribution in [1.82, 2.24) is 5.32 Å². The standard InChI is InChI=1S/C62H105NO22/c1-45(47-19-17-46(18-20-47)44-82-48-14-11-9-8-10-12-15-48)63-21-23-72-25-27-74-29-31-76-33-35-78-37-39-80-41-43-81-42-40-79-38-36-77-34-32-75-30-28-73-26-24-71-22-13-16-49(64)55-50(61(2,3)4)51(65)54(68)60(84-55)85-56-52(66)53(67)58(62(5,6)7)83-57(56)59(69)70/h8-9,17-20,48,50-58,60,63,65-68H,1,10-16,21-44H2,2-7H3,(H,69,70)/b9-8+/t48-,50-,51+,52-,53?,54?,55?,56-,57?,58+,60-/m0/s1. The van der Waals surface area contributed by atoms with Gasteiger partial charge in [0.15, 0.2) is 18.2 Å². The number of aliphatic hydroxyl groups is 4. The van der Waals surface area contributed by atoms with Crippen molar-refractivity contribution < 1.29 is 106 Å². The fourth-order valence-corrected chi connectivity index (χ4v) is 9.78. The predicted octanol–water partition coefficient (Wildman–Crippen LogP) is 4.30. The molecule has 23 heteroatoms. The van der Waals surface area contributed by atoms with Gasteiger partial charge in [0.25, 0.3) is 0 Å². The van der Waals surface area contributed by atoms with Crippen molar-refractivity contribution in [3.63, 3.8) is 0 Å². The van der Waals surface area contributed by atoms with Crippen LogP contribution >= 0.6 is 0 Å². The Morgan fingerprint density at radius 2 is 1.01 bits per heavy atom. The summed E-state index contributed by atoms with van der Waals surface area (Å²) in [5.41, 5.74) is 1.64. The molecule has 2 saturated heterocycles. The summed E-state index contributed by atoms with van der Waals surface area (Å²) < 4.78 is 85.0. The summed E-state index contributed by atoms with van der Waals surface area (Å²) in [4.78, 5) is 25.8. The minimum Gasteiger partial charge on any atom is -0.479 e. The van der Waals surface area contributed by atoms with Crippen LogP contribution in [-0.4, -0.2) is 250 Å². The molecule has 0 amide bonds. The second kappa shape index (κ2) is 42.7. The van der Waals surface area contributed by atoms with Crippen LogP contribution in [0.1, 0.15) is 97.6 Å². The van der Waals surface area contributed by atoms with E-state index in [-0.39, 0.29) is 25.4 Å². The molecule has 2 aliphatic heterocycles. The van der Waals surface area contributed by atoms with Gasteiger partial charge in [0.05, 0.1) is 164 Å². The number of nitrogens with one attached hydrogen (secondary N) is 1. The molecular formula is C62H105NO22. The third-order valence-corrected chi connectivity index (χ3v) is 14.4. The molecule has 1 aromatic carbocycles. The second-order valence-corrected chi connectivity index (χ2v) is 23.4. The number of rotatable bonds is 46. The molecule has 85 heavy (non-hydrogen) atoms. The molecule has 11 atom stereocenters. The zero-order valence-corrected chi connectivity index (χ0v) is 51.6. The number of ether oxygens (including phenoxy) is 15. The monoisotopic (exact) mass is 1220 g/mol. The zero-order valence-electron chi connectivity index (χ0n) is 51.6. The van der Waals surface area contributed by atoms with Crippen LogP contribution in [0.5, 0.6) is 0 Å². The summed E-state index contributed by atoms with van der Waals surface area (Å²) in [6, 6.07) is 8.38. The van der Waals surface area contributed by atoms with E-state index in [1.54, 1.807) is 41.5 Å². The lowest BCUT2D eigenvalue weighted by Crippen LogP contribution is -2.66. The predicted molar refractivity (Wildman–Crippen MR) is 314 cm³/mol. The third-order valence-electron chi connectivity index (χ3n) is 14.4. The van der Waals surface area contributed by atoms with Crippen molar-refractivity contribution >= 4 is 17.4 Å². The fourth-order valence-electron chi connectivity index (χ4n) is 9.78. The highest BCUT2D eigenvalue weighted by molar-refractivity contribution is 5.83. The highest BCUT2D eigenvalue weighted by Crippen LogP contribution is 2.42. The van der Waals surface area contributed by atoms with Crippen LogP contribution in [0.15, 0.2) is 43.0 Å². The highest BCUT2D eigenvalue weighted by Gasteiger charge is 2.56. The molecule has 4 unspecified atom stereocenters. The molecule has 1 aromatic rings. The summed E-state index contributed by atoms with van der Waals surface area (Å²) in [5.74, 6) is -2.71. The average molecular weight is 1220 g/mol. The van der Waals surface area contributed by atoms with Crippen LogP contribution in [0.25, 0.3) is 5.70 Å². The van der Waals surface area contributed by atoms with Crippen LogP contribution in [0.3, 0.4) is 0 Å². The minimum absolute atomic E-state index is 0.0124. The first-order valence-corrected chi connectivity index (χ1v) is 30.5. The topological polar surface area (TPSA) is 286 Å². The number of carbonyl (C=O) groups is 2. The number of carboxylic acid groups (broad SMARTS) is 1. The van der Waals surface area contributed by atoms with Gasteiger partial charge in [0.2, 0.25) is 0 Å². The van der Waals surface area contributed by atoms with E-state index < -0.39 is 77.8 Å². The normalized spacial score (nSPS) is 25.3. The van der Waals surface area contributed by atoms with E-state index in [0.717, 1.165) is 36.9 Å². The molecule has 0 aromatic heterocycles. The zero-order chi connectivity index (χ0) is 61.7. The van der Waals surface area contributed by atoms with Crippen molar-refractivity contribution in [2.75, 3.05) is 152 Å². The van der Waals surface area contributed by atoms with Gasteiger partial charge in [-0.2, -0.15) is 0 Å². The summed E-state index contributed by atoms with van der Waals surface area (Å²) >= 11 is 0. The third kappa shape index (κ3) is 29.8. The van der Waals surface area contributed by atoms with Gasteiger partial charge >= 0.3 is 5.97 Å². The number of benzene rings is 1. The van der Waals surface area contributed by atoms with Gasteiger partial charge in [-0.25, -0.2) is 4.79 Å². The first kappa shape index (κ1) is 74.3. The average Bonchev–Trinajstić information content (AvgIpc) is 3.65. The number of allylic oxidation sites excluding steroid dienone is 2. The van der Waals surface area contributed by atoms with Gasteiger partial charge < -0.3 is 102 Å². The lowest BCUT2D eigenvalue weighted by Gasteiger charge is -2.50. The summed E-state index contributed by atoms with van der Waals surface area (Å²) in [7, 11) is 0. The molecule has 490 valence electrons. The maximum atomic E-state index is 13.6. The Bertz CT molecular complexity index is 1950. The number of ketones is 1. The van der Waals surface area contributed by atoms with E-state index >= 15 is 0 Å². The Morgan fingerprint density at radius 3 is 1.47 bits per heavy atom. The van der Waals surface area contributed by atoms with Crippen molar-refractivity contribution in [2.24, 2.45) is 16.7 Å². The van der Waals surface area contributed by atoms with Crippen LogP contribution in [0, 0.1) is 16.7 Å². The molecule has 3 aliphatic rings. The maximum Gasteiger partial charge on any atom is 0.335 e. The summed E-state index contributed by atoms with van der Waals surface area (Å²) in [6.45, 7) is 25.5. The van der Waals surface area contributed by atoms with Crippen molar-refractivity contribution in [1.29, 1.82) is 0 Å². The molecule has 4 rings (SSSR count). The Balaban J connectivity index is 0.849. The molecule has 0 radical (unpaired) electrons.